The van der Waals surface area contributed by atoms with Crippen LogP contribution in [0.5, 0.6) is 0 Å². The Kier molecular flexibility index (Phi) is 5.08. The Balaban J connectivity index is 1.18. The van der Waals surface area contributed by atoms with Crippen LogP contribution in [-0.4, -0.2) is 48.3 Å². The number of hydrogen-bond donors (Lipinski definition) is 1. The molecule has 3 heterocycles. The van der Waals surface area contributed by atoms with Gasteiger partial charge in [-0.05, 0) is 79.9 Å². The van der Waals surface area contributed by atoms with E-state index < -0.39 is 0 Å². The Morgan fingerprint density at radius 3 is 2.68 bits per heavy atom. The third kappa shape index (κ3) is 3.87. The molecular weight excluding hydrogens is 395 g/mol. The van der Waals surface area contributed by atoms with E-state index in [1.54, 1.807) is 35.2 Å². The van der Waals surface area contributed by atoms with E-state index in [4.69, 9.17) is 10.00 Å². The standard InChI is InChI=1S/C24H23FN4O2/c25-18-3-6-21-22(13-27-23(21)11-18)17-7-9-28(10-8-17)14-20-15-29(24(30)31-20)19-4-1-16(12-26)2-5-19/h1-6,11,13,17,20,27H,7-10,14-15H2. The minimum absolute atomic E-state index is 0.171. The molecule has 6 nitrogen and oxygen atoms in total. The Labute approximate surface area is 179 Å². The van der Waals surface area contributed by atoms with Gasteiger partial charge in [-0.1, -0.05) is 0 Å². The topological polar surface area (TPSA) is 72.4 Å². The summed E-state index contributed by atoms with van der Waals surface area (Å²) in [5.74, 6) is 0.216. The van der Waals surface area contributed by atoms with Crippen LogP contribution in [0, 0.1) is 17.1 Å². The number of aromatic amines is 1. The number of rotatable bonds is 4. The fourth-order valence-corrected chi connectivity index (χ4v) is 4.72. The minimum Gasteiger partial charge on any atom is -0.443 e. The van der Waals surface area contributed by atoms with Crippen LogP contribution in [0.4, 0.5) is 14.9 Å². The van der Waals surface area contributed by atoms with Crippen molar-refractivity contribution < 1.29 is 13.9 Å². The van der Waals surface area contributed by atoms with Gasteiger partial charge in [0.25, 0.3) is 0 Å². The molecule has 1 aromatic heterocycles. The molecule has 0 saturated carbocycles. The summed E-state index contributed by atoms with van der Waals surface area (Å²) >= 11 is 0. The Morgan fingerprint density at radius 2 is 1.94 bits per heavy atom. The number of nitrogens with zero attached hydrogens (tertiary/aromatic N) is 3. The van der Waals surface area contributed by atoms with Crippen molar-refractivity contribution in [2.75, 3.05) is 31.1 Å². The van der Waals surface area contributed by atoms with Crippen LogP contribution in [0.25, 0.3) is 10.9 Å². The molecule has 2 saturated heterocycles. The predicted octanol–water partition coefficient (Wildman–Crippen LogP) is 4.38. The van der Waals surface area contributed by atoms with E-state index in [9.17, 15) is 9.18 Å². The van der Waals surface area contributed by atoms with Crippen molar-refractivity contribution in [3.8, 4) is 6.07 Å². The number of carbonyl (C=O) groups is 1. The van der Waals surface area contributed by atoms with Crippen molar-refractivity contribution in [3.63, 3.8) is 0 Å². The summed E-state index contributed by atoms with van der Waals surface area (Å²) in [4.78, 5) is 19.5. The summed E-state index contributed by atoms with van der Waals surface area (Å²) in [6, 6.07) is 14.0. The smallest absolute Gasteiger partial charge is 0.414 e. The molecule has 2 aromatic carbocycles. The number of piperidine rings is 1. The van der Waals surface area contributed by atoms with Crippen LogP contribution in [-0.2, 0) is 4.74 Å². The summed E-state index contributed by atoms with van der Waals surface area (Å²) in [5, 5.41) is 10.0. The molecule has 1 unspecified atom stereocenters. The molecule has 2 fully saturated rings. The Morgan fingerprint density at radius 1 is 1.16 bits per heavy atom. The highest BCUT2D eigenvalue weighted by atomic mass is 19.1. The minimum atomic E-state index is -0.337. The molecule has 2 aliphatic heterocycles. The van der Waals surface area contributed by atoms with Crippen molar-refractivity contribution in [2.24, 2.45) is 0 Å². The Hall–Kier alpha value is -3.37. The van der Waals surface area contributed by atoms with Crippen LogP contribution in [0.3, 0.4) is 0 Å². The number of aromatic nitrogens is 1. The van der Waals surface area contributed by atoms with Gasteiger partial charge in [-0.2, -0.15) is 5.26 Å². The lowest BCUT2D eigenvalue weighted by Gasteiger charge is -2.32. The van der Waals surface area contributed by atoms with E-state index in [1.165, 1.54) is 11.6 Å². The highest BCUT2D eigenvalue weighted by molar-refractivity contribution is 5.89. The number of amides is 1. The average molecular weight is 418 g/mol. The van der Waals surface area contributed by atoms with Crippen molar-refractivity contribution in [1.29, 1.82) is 5.26 Å². The number of likely N-dealkylation sites (tertiary alicyclic amines) is 1. The molecule has 1 N–H and O–H groups in total. The van der Waals surface area contributed by atoms with Crippen molar-refractivity contribution in [2.45, 2.75) is 24.9 Å². The molecule has 0 aliphatic carbocycles. The molecule has 7 heteroatoms. The maximum atomic E-state index is 13.5. The van der Waals surface area contributed by atoms with Crippen molar-refractivity contribution >= 4 is 22.7 Å². The first kappa shape index (κ1) is 19.6. The first-order valence-electron chi connectivity index (χ1n) is 10.6. The van der Waals surface area contributed by atoms with Crippen molar-refractivity contribution in [3.05, 3.63) is 65.6 Å². The Bertz CT molecular complexity index is 1140. The molecule has 158 valence electrons. The number of hydrogen-bond acceptors (Lipinski definition) is 4. The lowest BCUT2D eigenvalue weighted by molar-refractivity contribution is 0.0977. The second-order valence-corrected chi connectivity index (χ2v) is 8.28. The zero-order valence-corrected chi connectivity index (χ0v) is 17.1. The summed E-state index contributed by atoms with van der Waals surface area (Å²) in [5.41, 5.74) is 3.42. The van der Waals surface area contributed by atoms with E-state index in [2.05, 4.69) is 16.0 Å². The number of carbonyl (C=O) groups excluding carboxylic acids is 1. The zero-order chi connectivity index (χ0) is 21.4. The monoisotopic (exact) mass is 418 g/mol. The van der Waals surface area contributed by atoms with Crippen LogP contribution in [0.1, 0.15) is 29.9 Å². The number of ether oxygens (including phenoxy) is 1. The van der Waals surface area contributed by atoms with E-state index in [0.717, 1.165) is 42.5 Å². The van der Waals surface area contributed by atoms with Gasteiger partial charge in [0.15, 0.2) is 0 Å². The quantitative estimate of drug-likeness (QED) is 0.682. The number of H-pyrrole nitrogens is 1. The summed E-state index contributed by atoms with van der Waals surface area (Å²) in [6.07, 6.45) is 3.54. The second kappa shape index (κ2) is 8.05. The lowest BCUT2D eigenvalue weighted by atomic mass is 9.89. The van der Waals surface area contributed by atoms with Gasteiger partial charge in [0.2, 0.25) is 0 Å². The maximum absolute atomic E-state index is 13.5. The van der Waals surface area contributed by atoms with E-state index in [1.807, 2.05) is 12.3 Å². The number of nitrogens with one attached hydrogen (secondary N) is 1. The summed E-state index contributed by atoms with van der Waals surface area (Å²) in [7, 11) is 0. The third-order valence-electron chi connectivity index (χ3n) is 6.35. The molecule has 3 aromatic rings. The molecule has 1 amide bonds. The largest absolute Gasteiger partial charge is 0.443 e. The number of fused-ring (bicyclic) bond motifs is 1. The van der Waals surface area contributed by atoms with Gasteiger partial charge in [-0.3, -0.25) is 9.80 Å². The lowest BCUT2D eigenvalue weighted by Crippen LogP contribution is -2.39. The number of nitriles is 1. The summed E-state index contributed by atoms with van der Waals surface area (Å²) < 4.78 is 19.0. The zero-order valence-electron chi connectivity index (χ0n) is 17.1. The van der Waals surface area contributed by atoms with E-state index >= 15 is 0 Å². The van der Waals surface area contributed by atoms with Crippen LogP contribution in [0.15, 0.2) is 48.7 Å². The molecule has 31 heavy (non-hydrogen) atoms. The highest BCUT2D eigenvalue weighted by Gasteiger charge is 2.34. The number of benzene rings is 2. The molecule has 0 radical (unpaired) electrons. The van der Waals surface area contributed by atoms with E-state index in [-0.39, 0.29) is 18.0 Å². The first-order valence-corrected chi connectivity index (χ1v) is 10.6. The number of halogens is 1. The maximum Gasteiger partial charge on any atom is 0.414 e. The highest BCUT2D eigenvalue weighted by Crippen LogP contribution is 2.34. The van der Waals surface area contributed by atoms with Gasteiger partial charge in [0.05, 0.1) is 18.2 Å². The second-order valence-electron chi connectivity index (χ2n) is 8.28. The van der Waals surface area contributed by atoms with Gasteiger partial charge < -0.3 is 9.72 Å². The van der Waals surface area contributed by atoms with Gasteiger partial charge in [0.1, 0.15) is 11.9 Å². The van der Waals surface area contributed by atoms with Gasteiger partial charge in [-0.25, -0.2) is 9.18 Å². The third-order valence-corrected chi connectivity index (χ3v) is 6.35. The summed E-state index contributed by atoms with van der Waals surface area (Å²) in [6.45, 7) is 3.09. The van der Waals surface area contributed by atoms with Crippen LogP contribution >= 0.6 is 0 Å². The predicted molar refractivity (Wildman–Crippen MR) is 115 cm³/mol. The van der Waals surface area contributed by atoms with Gasteiger partial charge in [0, 0.05) is 29.3 Å². The molecule has 5 rings (SSSR count). The van der Waals surface area contributed by atoms with Crippen LogP contribution < -0.4 is 4.90 Å². The van der Waals surface area contributed by atoms with Gasteiger partial charge in [-0.15, -0.1) is 0 Å². The average Bonchev–Trinajstić information content (AvgIpc) is 3.37. The molecular formula is C24H23FN4O2. The van der Waals surface area contributed by atoms with Crippen LogP contribution in [0.2, 0.25) is 0 Å². The van der Waals surface area contributed by atoms with Crippen molar-refractivity contribution in [1.82, 2.24) is 9.88 Å². The fourth-order valence-electron chi connectivity index (χ4n) is 4.72. The molecule has 0 bridgehead atoms. The molecule has 1 atom stereocenters. The van der Waals surface area contributed by atoms with Gasteiger partial charge >= 0.3 is 6.09 Å². The first-order chi connectivity index (χ1) is 15.1. The normalized spacial score (nSPS) is 20.2. The van der Waals surface area contributed by atoms with E-state index in [0.29, 0.717) is 24.6 Å². The fraction of sp³-hybridized carbons (Fsp3) is 0.333. The number of anilines is 1. The number of cyclic esters (lactones) is 1. The molecule has 2 aliphatic rings. The molecule has 0 spiro atoms. The SMILES string of the molecule is N#Cc1ccc(N2CC(CN3CCC(c4c[nH]c5cc(F)ccc45)CC3)OC2=O)cc1.